The number of unbranched alkanes of at least 4 members (excludes halogenated alkanes) is 1. The van der Waals surface area contributed by atoms with E-state index in [2.05, 4.69) is 12.2 Å². The lowest BCUT2D eigenvalue weighted by Gasteiger charge is -2.23. The van der Waals surface area contributed by atoms with Gasteiger partial charge in [-0.05, 0) is 31.9 Å². The second kappa shape index (κ2) is 5.82. The molecule has 0 fully saturated rings. The molecule has 0 unspecified atom stereocenters. The molecule has 0 heterocycles. The zero-order valence-corrected chi connectivity index (χ0v) is 10.9. The van der Waals surface area contributed by atoms with Crippen LogP contribution in [-0.4, -0.2) is 5.91 Å². The van der Waals surface area contributed by atoms with Gasteiger partial charge in [0.2, 0.25) is 5.91 Å². The number of hydrogen-bond donors (Lipinski definition) is 2. The second-order valence-corrected chi connectivity index (χ2v) is 4.92. The average molecular weight is 234 g/mol. The van der Waals surface area contributed by atoms with Crippen LogP contribution >= 0.6 is 0 Å². The smallest absolute Gasteiger partial charge is 0.224 e. The summed E-state index contributed by atoms with van der Waals surface area (Å²) in [5.74, 6) is 0.0588. The third-order valence-electron chi connectivity index (χ3n) is 2.65. The summed E-state index contributed by atoms with van der Waals surface area (Å²) in [6.07, 6.45) is 2.51. The van der Waals surface area contributed by atoms with Crippen LogP contribution in [0.2, 0.25) is 0 Å². The Labute approximate surface area is 103 Å². The van der Waals surface area contributed by atoms with Gasteiger partial charge in [0.25, 0.3) is 0 Å². The van der Waals surface area contributed by atoms with Crippen molar-refractivity contribution in [1.29, 1.82) is 0 Å². The molecule has 1 amide bonds. The van der Waals surface area contributed by atoms with Crippen molar-refractivity contribution in [1.82, 2.24) is 0 Å². The Bertz CT molecular complexity index is 380. The quantitative estimate of drug-likeness (QED) is 0.822. The van der Waals surface area contributed by atoms with Gasteiger partial charge in [-0.15, -0.1) is 0 Å². The van der Waals surface area contributed by atoms with Crippen LogP contribution in [0.1, 0.15) is 45.6 Å². The first-order valence-corrected chi connectivity index (χ1v) is 6.13. The van der Waals surface area contributed by atoms with Gasteiger partial charge in [-0.3, -0.25) is 4.79 Å². The first-order valence-electron chi connectivity index (χ1n) is 6.13. The molecule has 3 heteroatoms. The first-order chi connectivity index (χ1) is 7.95. The minimum Gasteiger partial charge on any atom is -0.326 e. The highest BCUT2D eigenvalue weighted by molar-refractivity contribution is 5.91. The van der Waals surface area contributed by atoms with Gasteiger partial charge in [-0.2, -0.15) is 0 Å². The van der Waals surface area contributed by atoms with Crippen LogP contribution in [0.15, 0.2) is 24.3 Å². The highest BCUT2D eigenvalue weighted by atomic mass is 16.1. The maximum Gasteiger partial charge on any atom is 0.224 e. The largest absolute Gasteiger partial charge is 0.326 e. The number of anilines is 1. The number of carbonyl (C=O) groups is 1. The number of benzene rings is 1. The molecule has 0 spiro atoms. The van der Waals surface area contributed by atoms with Crippen LogP contribution in [0.25, 0.3) is 0 Å². The molecule has 94 valence electrons. The third-order valence-corrected chi connectivity index (χ3v) is 2.65. The maximum absolute atomic E-state index is 11.7. The van der Waals surface area contributed by atoms with Crippen molar-refractivity contribution in [3.8, 4) is 0 Å². The molecule has 1 aromatic carbocycles. The van der Waals surface area contributed by atoms with E-state index in [1.165, 1.54) is 0 Å². The summed E-state index contributed by atoms with van der Waals surface area (Å²) in [7, 11) is 0. The molecule has 0 aliphatic rings. The summed E-state index contributed by atoms with van der Waals surface area (Å²) in [6.45, 7) is 5.94. The van der Waals surface area contributed by atoms with E-state index in [-0.39, 0.29) is 5.91 Å². The number of carbonyl (C=O) groups excluding carboxylic acids is 1. The Balaban J connectivity index is 2.81. The van der Waals surface area contributed by atoms with Gasteiger partial charge in [0, 0.05) is 17.6 Å². The van der Waals surface area contributed by atoms with Crippen molar-refractivity contribution in [2.75, 3.05) is 5.32 Å². The number of nitrogens with two attached hydrogens (primary N) is 1. The van der Waals surface area contributed by atoms with Gasteiger partial charge in [-0.1, -0.05) is 31.5 Å². The molecule has 17 heavy (non-hydrogen) atoms. The Hall–Kier alpha value is -1.35. The molecule has 1 aromatic rings. The third kappa shape index (κ3) is 4.19. The van der Waals surface area contributed by atoms with Crippen LogP contribution in [0, 0.1) is 0 Å². The lowest BCUT2D eigenvalue weighted by atomic mass is 9.94. The van der Waals surface area contributed by atoms with Crippen LogP contribution < -0.4 is 11.1 Å². The summed E-state index contributed by atoms with van der Waals surface area (Å²) in [5.41, 5.74) is 7.42. The Morgan fingerprint density at radius 3 is 2.59 bits per heavy atom. The van der Waals surface area contributed by atoms with Crippen LogP contribution in [0.4, 0.5) is 5.69 Å². The number of rotatable bonds is 5. The number of para-hydroxylation sites is 1. The van der Waals surface area contributed by atoms with E-state index in [1.807, 2.05) is 38.1 Å². The molecule has 0 saturated heterocycles. The molecule has 0 aromatic heterocycles. The Kier molecular flexibility index (Phi) is 4.70. The fourth-order valence-corrected chi connectivity index (χ4v) is 1.70. The molecule has 3 nitrogen and oxygen atoms in total. The fraction of sp³-hybridized carbons (Fsp3) is 0.500. The van der Waals surface area contributed by atoms with E-state index >= 15 is 0 Å². The summed E-state index contributed by atoms with van der Waals surface area (Å²) in [4.78, 5) is 11.7. The van der Waals surface area contributed by atoms with Crippen LogP contribution in [0.3, 0.4) is 0 Å². The average Bonchev–Trinajstić information content (AvgIpc) is 2.25. The first kappa shape index (κ1) is 13.7. The Morgan fingerprint density at radius 2 is 2.00 bits per heavy atom. The lowest BCUT2D eigenvalue weighted by molar-refractivity contribution is -0.116. The van der Waals surface area contributed by atoms with Crippen molar-refractivity contribution in [3.05, 3.63) is 29.8 Å². The number of nitrogens with one attached hydrogen (secondary N) is 1. The predicted molar refractivity (Wildman–Crippen MR) is 71.8 cm³/mol. The van der Waals surface area contributed by atoms with Gasteiger partial charge in [0.05, 0.1) is 0 Å². The summed E-state index contributed by atoms with van der Waals surface area (Å²) < 4.78 is 0. The standard InChI is InChI=1S/C14H22N2O/c1-4-5-10-13(17)16-12-9-7-6-8-11(12)14(2,3)15/h6-9H,4-5,10,15H2,1-3H3,(H,16,17). The minimum atomic E-state index is -0.450. The molecular weight excluding hydrogens is 212 g/mol. The molecule has 0 aliphatic carbocycles. The molecule has 0 saturated carbocycles. The zero-order valence-electron chi connectivity index (χ0n) is 10.9. The van der Waals surface area contributed by atoms with Crippen molar-refractivity contribution >= 4 is 11.6 Å². The molecule has 0 atom stereocenters. The molecular formula is C14H22N2O. The van der Waals surface area contributed by atoms with E-state index in [1.54, 1.807) is 0 Å². The highest BCUT2D eigenvalue weighted by Crippen LogP contribution is 2.25. The van der Waals surface area contributed by atoms with E-state index < -0.39 is 5.54 Å². The number of hydrogen-bond acceptors (Lipinski definition) is 2. The van der Waals surface area contributed by atoms with Crippen molar-refractivity contribution in [2.24, 2.45) is 5.73 Å². The molecule has 1 rings (SSSR count). The van der Waals surface area contributed by atoms with Gasteiger partial charge in [0.15, 0.2) is 0 Å². The number of amides is 1. The molecule has 0 aliphatic heterocycles. The topological polar surface area (TPSA) is 55.1 Å². The van der Waals surface area contributed by atoms with Crippen molar-refractivity contribution in [3.63, 3.8) is 0 Å². The predicted octanol–water partition coefficient (Wildman–Crippen LogP) is 3.01. The van der Waals surface area contributed by atoms with Gasteiger partial charge in [0.1, 0.15) is 0 Å². The van der Waals surface area contributed by atoms with Gasteiger partial charge in [-0.25, -0.2) is 0 Å². The van der Waals surface area contributed by atoms with E-state index in [9.17, 15) is 4.79 Å². The maximum atomic E-state index is 11.7. The zero-order chi connectivity index (χ0) is 12.9. The van der Waals surface area contributed by atoms with E-state index in [0.717, 1.165) is 24.1 Å². The second-order valence-electron chi connectivity index (χ2n) is 4.92. The molecule has 0 radical (unpaired) electrons. The normalized spacial score (nSPS) is 11.3. The van der Waals surface area contributed by atoms with Gasteiger partial charge < -0.3 is 11.1 Å². The summed E-state index contributed by atoms with van der Waals surface area (Å²) in [6, 6.07) is 7.69. The van der Waals surface area contributed by atoms with E-state index in [4.69, 9.17) is 5.73 Å². The van der Waals surface area contributed by atoms with Crippen molar-refractivity contribution < 1.29 is 4.79 Å². The summed E-state index contributed by atoms with van der Waals surface area (Å²) in [5, 5.41) is 2.93. The summed E-state index contributed by atoms with van der Waals surface area (Å²) >= 11 is 0. The van der Waals surface area contributed by atoms with E-state index in [0.29, 0.717) is 6.42 Å². The van der Waals surface area contributed by atoms with Crippen molar-refractivity contribution in [2.45, 2.75) is 45.6 Å². The Morgan fingerprint density at radius 1 is 1.35 bits per heavy atom. The van der Waals surface area contributed by atoms with Gasteiger partial charge >= 0.3 is 0 Å². The fourth-order valence-electron chi connectivity index (χ4n) is 1.70. The molecule has 3 N–H and O–H groups in total. The minimum absolute atomic E-state index is 0.0588. The SMILES string of the molecule is CCCCC(=O)Nc1ccccc1C(C)(C)N. The van der Waals surface area contributed by atoms with Crippen LogP contribution in [0.5, 0.6) is 0 Å². The van der Waals surface area contributed by atoms with Crippen LogP contribution in [-0.2, 0) is 10.3 Å². The lowest BCUT2D eigenvalue weighted by Crippen LogP contribution is -2.30. The highest BCUT2D eigenvalue weighted by Gasteiger charge is 2.18. The monoisotopic (exact) mass is 234 g/mol. The molecule has 0 bridgehead atoms.